The maximum absolute atomic E-state index is 5.97. The molecule has 0 saturated carbocycles. The van der Waals surface area contributed by atoms with Crippen molar-refractivity contribution in [2.24, 2.45) is 0 Å². The van der Waals surface area contributed by atoms with Crippen LogP contribution in [0.4, 0.5) is 5.69 Å². The van der Waals surface area contributed by atoms with Gasteiger partial charge in [0.2, 0.25) is 0 Å². The summed E-state index contributed by atoms with van der Waals surface area (Å²) in [4.78, 5) is 0. The third-order valence-electron chi connectivity index (χ3n) is 3.53. The summed E-state index contributed by atoms with van der Waals surface area (Å²) in [6, 6.07) is 24.4. The highest BCUT2D eigenvalue weighted by Gasteiger charge is 2.08. The van der Waals surface area contributed by atoms with E-state index in [0.29, 0.717) is 0 Å². The zero-order valence-corrected chi connectivity index (χ0v) is 11.9. The summed E-state index contributed by atoms with van der Waals surface area (Å²) in [7, 11) is 1.67. The Morgan fingerprint density at radius 3 is 2.05 bits per heavy atom. The van der Waals surface area contributed by atoms with Crippen LogP contribution in [0.25, 0.3) is 22.3 Å². The fourth-order valence-electron chi connectivity index (χ4n) is 2.44. The molecule has 0 aliphatic heterocycles. The maximum Gasteiger partial charge on any atom is 0.118 e. The van der Waals surface area contributed by atoms with E-state index in [1.807, 2.05) is 42.5 Å². The topological polar surface area (TPSA) is 35.2 Å². The maximum atomic E-state index is 5.97. The van der Waals surface area contributed by atoms with Crippen molar-refractivity contribution in [1.82, 2.24) is 0 Å². The van der Waals surface area contributed by atoms with E-state index in [0.717, 1.165) is 33.7 Å². The molecular weight excluding hydrogens is 258 g/mol. The molecule has 104 valence electrons. The van der Waals surface area contributed by atoms with E-state index in [-0.39, 0.29) is 0 Å². The van der Waals surface area contributed by atoms with E-state index in [1.54, 1.807) is 7.11 Å². The van der Waals surface area contributed by atoms with Gasteiger partial charge in [-0.25, -0.2) is 0 Å². The number of nitrogen functional groups attached to an aromatic ring is 1. The molecule has 0 atom stereocenters. The first-order valence-corrected chi connectivity index (χ1v) is 6.87. The van der Waals surface area contributed by atoms with Crippen molar-refractivity contribution in [3.8, 4) is 28.0 Å². The van der Waals surface area contributed by atoms with Gasteiger partial charge in [-0.3, -0.25) is 0 Å². The number of methoxy groups -OCH3 is 1. The molecule has 3 aromatic rings. The minimum Gasteiger partial charge on any atom is -0.497 e. The number of rotatable bonds is 3. The van der Waals surface area contributed by atoms with Crippen LogP contribution in [0, 0.1) is 0 Å². The minimum absolute atomic E-state index is 0.770. The van der Waals surface area contributed by atoms with E-state index in [2.05, 4.69) is 30.3 Å². The van der Waals surface area contributed by atoms with Gasteiger partial charge in [-0.2, -0.15) is 0 Å². The quantitative estimate of drug-likeness (QED) is 0.708. The van der Waals surface area contributed by atoms with Gasteiger partial charge < -0.3 is 10.5 Å². The zero-order chi connectivity index (χ0) is 14.7. The predicted octanol–water partition coefficient (Wildman–Crippen LogP) is 4.61. The summed E-state index contributed by atoms with van der Waals surface area (Å²) >= 11 is 0. The van der Waals surface area contributed by atoms with Crippen molar-refractivity contribution in [2.45, 2.75) is 0 Å². The average Bonchev–Trinajstić information content (AvgIpc) is 2.56. The molecule has 2 nitrogen and oxygen atoms in total. The smallest absolute Gasteiger partial charge is 0.118 e. The second kappa shape index (κ2) is 5.71. The number of hydrogen-bond donors (Lipinski definition) is 1. The van der Waals surface area contributed by atoms with Crippen LogP contribution >= 0.6 is 0 Å². The van der Waals surface area contributed by atoms with E-state index in [9.17, 15) is 0 Å². The number of ether oxygens (including phenoxy) is 1. The Kier molecular flexibility index (Phi) is 3.61. The fourth-order valence-corrected chi connectivity index (χ4v) is 2.44. The Labute approximate surface area is 124 Å². The van der Waals surface area contributed by atoms with Crippen molar-refractivity contribution in [2.75, 3.05) is 12.8 Å². The average molecular weight is 275 g/mol. The third-order valence-corrected chi connectivity index (χ3v) is 3.53. The Hall–Kier alpha value is -2.74. The first-order chi connectivity index (χ1) is 10.3. The summed E-state index contributed by atoms with van der Waals surface area (Å²) in [6.45, 7) is 0. The molecule has 0 radical (unpaired) electrons. The Balaban J connectivity index is 2.13. The molecule has 0 aromatic heterocycles. The van der Waals surface area contributed by atoms with Crippen molar-refractivity contribution < 1.29 is 4.74 Å². The monoisotopic (exact) mass is 275 g/mol. The Morgan fingerprint density at radius 1 is 0.714 bits per heavy atom. The summed E-state index contributed by atoms with van der Waals surface area (Å²) in [5, 5.41) is 0. The van der Waals surface area contributed by atoms with Crippen LogP contribution < -0.4 is 10.5 Å². The summed E-state index contributed by atoms with van der Waals surface area (Å²) in [6.07, 6.45) is 0. The van der Waals surface area contributed by atoms with Crippen LogP contribution in [0.1, 0.15) is 0 Å². The van der Waals surface area contributed by atoms with Gasteiger partial charge in [0.05, 0.1) is 7.11 Å². The molecule has 0 fully saturated rings. The lowest BCUT2D eigenvalue weighted by atomic mass is 9.94. The summed E-state index contributed by atoms with van der Waals surface area (Å²) in [5.74, 6) is 0.857. The first kappa shape index (κ1) is 13.3. The molecule has 0 amide bonds. The largest absolute Gasteiger partial charge is 0.497 e. The molecular formula is C19H17NO. The number of benzene rings is 3. The van der Waals surface area contributed by atoms with Crippen molar-refractivity contribution in [1.29, 1.82) is 0 Å². The molecule has 2 N–H and O–H groups in total. The molecule has 0 saturated heterocycles. The summed E-state index contributed by atoms with van der Waals surface area (Å²) < 4.78 is 5.22. The normalized spacial score (nSPS) is 10.3. The van der Waals surface area contributed by atoms with Gasteiger partial charge in [0.1, 0.15) is 5.75 Å². The van der Waals surface area contributed by atoms with Crippen LogP contribution in [-0.2, 0) is 0 Å². The van der Waals surface area contributed by atoms with Crippen LogP contribution in [0.5, 0.6) is 5.75 Å². The van der Waals surface area contributed by atoms with Crippen molar-refractivity contribution in [3.05, 3.63) is 72.8 Å². The minimum atomic E-state index is 0.770. The molecule has 3 aromatic carbocycles. The highest BCUT2D eigenvalue weighted by Crippen LogP contribution is 2.34. The van der Waals surface area contributed by atoms with Gasteiger partial charge in [-0.05, 0) is 46.5 Å². The van der Waals surface area contributed by atoms with Crippen molar-refractivity contribution >= 4 is 5.69 Å². The molecule has 3 rings (SSSR count). The zero-order valence-electron chi connectivity index (χ0n) is 11.9. The molecule has 0 aliphatic rings. The third kappa shape index (κ3) is 2.75. The Morgan fingerprint density at radius 2 is 1.38 bits per heavy atom. The van der Waals surface area contributed by atoms with Crippen LogP contribution in [0.15, 0.2) is 72.8 Å². The second-order valence-corrected chi connectivity index (χ2v) is 4.90. The van der Waals surface area contributed by atoms with E-state index < -0.39 is 0 Å². The number of hydrogen-bond acceptors (Lipinski definition) is 2. The lowest BCUT2D eigenvalue weighted by Gasteiger charge is -2.12. The number of nitrogens with two attached hydrogens (primary N) is 1. The lowest BCUT2D eigenvalue weighted by Crippen LogP contribution is -1.90. The lowest BCUT2D eigenvalue weighted by molar-refractivity contribution is 0.415. The predicted molar refractivity (Wildman–Crippen MR) is 88.3 cm³/mol. The molecule has 21 heavy (non-hydrogen) atoms. The van der Waals surface area contributed by atoms with Crippen LogP contribution in [-0.4, -0.2) is 7.11 Å². The van der Waals surface area contributed by atoms with Gasteiger partial charge >= 0.3 is 0 Å². The van der Waals surface area contributed by atoms with Crippen LogP contribution in [0.2, 0.25) is 0 Å². The molecule has 0 bridgehead atoms. The highest BCUT2D eigenvalue weighted by atomic mass is 16.5. The fraction of sp³-hybridized carbons (Fsp3) is 0.0526. The van der Waals surface area contributed by atoms with Gasteiger partial charge in [0, 0.05) is 5.69 Å². The van der Waals surface area contributed by atoms with Crippen LogP contribution in [0.3, 0.4) is 0 Å². The number of anilines is 1. The molecule has 0 aliphatic carbocycles. The SMILES string of the molecule is COc1ccc(-c2ccc(N)cc2-c2ccccc2)cc1. The van der Waals surface area contributed by atoms with Gasteiger partial charge in [0.15, 0.2) is 0 Å². The van der Waals surface area contributed by atoms with Crippen molar-refractivity contribution in [3.63, 3.8) is 0 Å². The molecule has 0 unspecified atom stereocenters. The molecule has 0 spiro atoms. The van der Waals surface area contributed by atoms with Gasteiger partial charge in [-0.1, -0.05) is 48.5 Å². The van der Waals surface area contributed by atoms with E-state index in [1.165, 1.54) is 0 Å². The Bertz CT molecular complexity index is 733. The van der Waals surface area contributed by atoms with Gasteiger partial charge in [0.25, 0.3) is 0 Å². The highest BCUT2D eigenvalue weighted by molar-refractivity contribution is 5.85. The summed E-state index contributed by atoms with van der Waals surface area (Å²) in [5.41, 5.74) is 11.4. The standard InChI is InChI=1S/C19H17NO/c1-21-17-10-7-15(8-11-17)18-12-9-16(20)13-19(18)14-5-3-2-4-6-14/h2-13H,20H2,1H3. The van der Waals surface area contributed by atoms with E-state index >= 15 is 0 Å². The molecule has 0 heterocycles. The molecule has 2 heteroatoms. The second-order valence-electron chi connectivity index (χ2n) is 4.90. The van der Waals surface area contributed by atoms with E-state index in [4.69, 9.17) is 10.5 Å². The first-order valence-electron chi connectivity index (χ1n) is 6.87. The van der Waals surface area contributed by atoms with Gasteiger partial charge in [-0.15, -0.1) is 0 Å².